The lowest BCUT2D eigenvalue weighted by Gasteiger charge is -2.22. The van der Waals surface area contributed by atoms with Crippen molar-refractivity contribution in [1.29, 1.82) is 0 Å². The SMILES string of the molecule is CCCCc1cccc([SiH2]OC(C)(C)C)c1CCCC. The molecule has 0 unspecified atom stereocenters. The van der Waals surface area contributed by atoms with Gasteiger partial charge in [0.05, 0.1) is 0 Å². The minimum absolute atomic E-state index is 0.00628. The molecular formula is C18H32OSi. The zero-order valence-corrected chi connectivity index (χ0v) is 15.5. The Labute approximate surface area is 128 Å². The first-order valence-electron chi connectivity index (χ1n) is 8.21. The Morgan fingerprint density at radius 3 is 2.25 bits per heavy atom. The highest BCUT2D eigenvalue weighted by Gasteiger charge is 2.13. The molecule has 114 valence electrons. The molecule has 0 heterocycles. The molecule has 0 amide bonds. The lowest BCUT2D eigenvalue weighted by Crippen LogP contribution is -2.31. The number of rotatable bonds is 8. The maximum atomic E-state index is 6.13. The van der Waals surface area contributed by atoms with E-state index in [4.69, 9.17) is 4.43 Å². The maximum Gasteiger partial charge on any atom is 0.193 e. The van der Waals surface area contributed by atoms with Crippen molar-refractivity contribution in [2.24, 2.45) is 0 Å². The third-order valence-electron chi connectivity index (χ3n) is 3.61. The molecule has 0 aliphatic rings. The summed E-state index contributed by atoms with van der Waals surface area (Å²) < 4.78 is 6.13. The second-order valence-electron chi connectivity index (χ2n) is 6.66. The second kappa shape index (κ2) is 8.63. The average Bonchev–Trinajstić information content (AvgIpc) is 2.40. The molecule has 0 aliphatic carbocycles. The van der Waals surface area contributed by atoms with Gasteiger partial charge in [-0.2, -0.15) is 0 Å². The Balaban J connectivity index is 2.89. The number of hydrogen-bond donors (Lipinski definition) is 0. The fourth-order valence-corrected chi connectivity index (χ4v) is 3.79. The van der Waals surface area contributed by atoms with Crippen LogP contribution in [0, 0.1) is 0 Å². The van der Waals surface area contributed by atoms with Crippen molar-refractivity contribution in [2.45, 2.75) is 78.7 Å². The highest BCUT2D eigenvalue weighted by atomic mass is 28.2. The molecule has 0 bridgehead atoms. The minimum Gasteiger partial charge on any atom is -0.414 e. The van der Waals surface area contributed by atoms with Crippen LogP contribution in [0.4, 0.5) is 0 Å². The van der Waals surface area contributed by atoms with Gasteiger partial charge in [0.25, 0.3) is 0 Å². The Morgan fingerprint density at radius 1 is 1.00 bits per heavy atom. The molecule has 1 aromatic carbocycles. The van der Waals surface area contributed by atoms with E-state index in [1.54, 1.807) is 11.1 Å². The molecule has 0 atom stereocenters. The van der Waals surface area contributed by atoms with E-state index in [-0.39, 0.29) is 5.60 Å². The predicted octanol–water partition coefficient (Wildman–Crippen LogP) is 3.90. The second-order valence-corrected chi connectivity index (χ2v) is 8.00. The Hall–Kier alpha value is -0.603. The molecule has 2 heteroatoms. The van der Waals surface area contributed by atoms with Crippen LogP contribution >= 0.6 is 0 Å². The van der Waals surface area contributed by atoms with E-state index in [1.165, 1.54) is 43.7 Å². The first-order chi connectivity index (χ1) is 9.48. The third kappa shape index (κ3) is 6.23. The van der Waals surface area contributed by atoms with Crippen molar-refractivity contribution >= 4 is 14.9 Å². The maximum absolute atomic E-state index is 6.13. The summed E-state index contributed by atoms with van der Waals surface area (Å²) in [7, 11) is -0.617. The average molecular weight is 293 g/mol. The van der Waals surface area contributed by atoms with E-state index in [0.29, 0.717) is 0 Å². The summed E-state index contributed by atoms with van der Waals surface area (Å²) in [6.45, 7) is 11.0. The lowest BCUT2D eigenvalue weighted by atomic mass is 9.98. The molecule has 0 fully saturated rings. The molecule has 0 radical (unpaired) electrons. The highest BCUT2D eigenvalue weighted by Crippen LogP contribution is 2.14. The van der Waals surface area contributed by atoms with Crippen LogP contribution in [0.3, 0.4) is 0 Å². The van der Waals surface area contributed by atoms with Crippen LogP contribution in [-0.4, -0.2) is 15.4 Å². The molecule has 0 aromatic heterocycles. The Bertz CT molecular complexity index is 393. The fourth-order valence-electron chi connectivity index (χ4n) is 2.39. The van der Waals surface area contributed by atoms with Crippen molar-refractivity contribution in [3.8, 4) is 0 Å². The number of hydrogen-bond acceptors (Lipinski definition) is 1. The lowest BCUT2D eigenvalue weighted by molar-refractivity contribution is 0.141. The summed E-state index contributed by atoms with van der Waals surface area (Å²) in [6, 6.07) is 6.86. The highest BCUT2D eigenvalue weighted by molar-refractivity contribution is 6.47. The first kappa shape index (κ1) is 17.4. The summed E-state index contributed by atoms with van der Waals surface area (Å²) in [6.07, 6.45) is 7.58. The van der Waals surface area contributed by atoms with Crippen LogP contribution in [0.2, 0.25) is 0 Å². The van der Waals surface area contributed by atoms with Gasteiger partial charge in [0.15, 0.2) is 9.76 Å². The number of unbranched alkanes of at least 4 members (excludes halogenated alkanes) is 2. The fraction of sp³-hybridized carbons (Fsp3) is 0.667. The zero-order valence-electron chi connectivity index (χ0n) is 14.1. The van der Waals surface area contributed by atoms with E-state index in [9.17, 15) is 0 Å². The molecule has 0 N–H and O–H groups in total. The minimum atomic E-state index is -0.617. The molecule has 20 heavy (non-hydrogen) atoms. The standard InChI is InChI=1S/C18H32OSi/c1-6-8-11-15-12-10-14-17(16(15)13-9-7-2)20-19-18(3,4)5/h10,12,14H,6-9,11,13,20H2,1-5H3. The summed E-state index contributed by atoms with van der Waals surface area (Å²) in [5.74, 6) is 0. The molecule has 1 nitrogen and oxygen atoms in total. The molecule has 1 aromatic rings. The van der Waals surface area contributed by atoms with E-state index in [2.05, 4.69) is 52.8 Å². The van der Waals surface area contributed by atoms with Crippen molar-refractivity contribution < 1.29 is 4.43 Å². The molecule has 1 rings (SSSR count). The molecule has 0 spiro atoms. The third-order valence-corrected chi connectivity index (χ3v) is 5.59. The van der Waals surface area contributed by atoms with E-state index >= 15 is 0 Å². The van der Waals surface area contributed by atoms with Crippen LogP contribution < -0.4 is 5.19 Å². The normalized spacial score (nSPS) is 12.4. The van der Waals surface area contributed by atoms with Gasteiger partial charge in [-0.25, -0.2) is 0 Å². The summed E-state index contributed by atoms with van der Waals surface area (Å²) in [5, 5.41) is 1.53. The summed E-state index contributed by atoms with van der Waals surface area (Å²) in [4.78, 5) is 0. The van der Waals surface area contributed by atoms with Crippen LogP contribution in [0.5, 0.6) is 0 Å². The van der Waals surface area contributed by atoms with Crippen LogP contribution in [0.15, 0.2) is 18.2 Å². The van der Waals surface area contributed by atoms with E-state index in [1.807, 2.05) is 0 Å². The van der Waals surface area contributed by atoms with Gasteiger partial charge < -0.3 is 4.43 Å². The van der Waals surface area contributed by atoms with Crippen LogP contribution in [0.25, 0.3) is 0 Å². The van der Waals surface area contributed by atoms with Crippen molar-refractivity contribution in [3.05, 3.63) is 29.3 Å². The Morgan fingerprint density at radius 2 is 1.65 bits per heavy atom. The zero-order chi connectivity index (χ0) is 15.0. The van der Waals surface area contributed by atoms with Crippen LogP contribution in [0.1, 0.15) is 71.4 Å². The van der Waals surface area contributed by atoms with Gasteiger partial charge in [-0.1, -0.05) is 44.9 Å². The molecule has 0 saturated carbocycles. The van der Waals surface area contributed by atoms with Gasteiger partial charge >= 0.3 is 0 Å². The summed E-state index contributed by atoms with van der Waals surface area (Å²) in [5.41, 5.74) is 3.18. The number of benzene rings is 1. The largest absolute Gasteiger partial charge is 0.414 e. The van der Waals surface area contributed by atoms with Gasteiger partial charge in [-0.3, -0.25) is 0 Å². The molecule has 0 aliphatic heterocycles. The van der Waals surface area contributed by atoms with E-state index in [0.717, 1.165) is 0 Å². The Kier molecular flexibility index (Phi) is 7.53. The van der Waals surface area contributed by atoms with E-state index < -0.39 is 9.76 Å². The summed E-state index contributed by atoms with van der Waals surface area (Å²) >= 11 is 0. The first-order valence-corrected chi connectivity index (χ1v) is 9.50. The van der Waals surface area contributed by atoms with Gasteiger partial charge in [-0.05, 0) is 62.8 Å². The van der Waals surface area contributed by atoms with Crippen molar-refractivity contribution in [2.75, 3.05) is 0 Å². The molecule has 0 saturated heterocycles. The monoisotopic (exact) mass is 292 g/mol. The van der Waals surface area contributed by atoms with Gasteiger partial charge in [0.1, 0.15) is 0 Å². The number of aryl methyl sites for hydroxylation is 1. The topological polar surface area (TPSA) is 9.23 Å². The molecular weight excluding hydrogens is 260 g/mol. The smallest absolute Gasteiger partial charge is 0.193 e. The van der Waals surface area contributed by atoms with Gasteiger partial charge in [-0.15, -0.1) is 0 Å². The van der Waals surface area contributed by atoms with Crippen molar-refractivity contribution in [1.82, 2.24) is 0 Å². The van der Waals surface area contributed by atoms with Crippen molar-refractivity contribution in [3.63, 3.8) is 0 Å². The van der Waals surface area contributed by atoms with Gasteiger partial charge in [0, 0.05) is 5.60 Å². The van der Waals surface area contributed by atoms with Crippen LogP contribution in [-0.2, 0) is 17.3 Å². The quantitative estimate of drug-likeness (QED) is 0.660. The van der Waals surface area contributed by atoms with Gasteiger partial charge in [0.2, 0.25) is 0 Å². The predicted molar refractivity (Wildman–Crippen MR) is 92.7 cm³/mol.